The van der Waals surface area contributed by atoms with Gasteiger partial charge >= 0.3 is 0 Å². The Balaban J connectivity index is -0.0000000904. The molecule has 87 valence electrons. The molecule has 0 aliphatic rings. The Labute approximate surface area is 109 Å². The van der Waals surface area contributed by atoms with Crippen LogP contribution in [0, 0.1) is 11.8 Å². The molecule has 0 rings (SSSR count). The molecule has 0 saturated carbocycles. The number of unbranched alkanes of at least 4 members (excludes halogenated alkanes) is 1. The molecule has 0 aromatic rings. The van der Waals surface area contributed by atoms with Crippen molar-refractivity contribution in [3.63, 3.8) is 0 Å². The molecule has 0 heterocycles. The Bertz CT molecular complexity index is 89.0. The molecule has 0 N–H and O–H groups in total. The van der Waals surface area contributed by atoms with E-state index in [9.17, 15) is 0 Å². The predicted molar refractivity (Wildman–Crippen MR) is 77.5 cm³/mol. The lowest BCUT2D eigenvalue weighted by Crippen LogP contribution is -1.99. The smallest absolute Gasteiger partial charge is 0.102 e. The van der Waals surface area contributed by atoms with E-state index in [1.807, 2.05) is 0 Å². The highest BCUT2D eigenvalue weighted by Crippen LogP contribution is 2.05. The summed E-state index contributed by atoms with van der Waals surface area (Å²) in [4.78, 5) is 0. The molecule has 0 amide bonds. The van der Waals surface area contributed by atoms with Gasteiger partial charge in [0.15, 0.2) is 0 Å². The summed E-state index contributed by atoms with van der Waals surface area (Å²) in [7, 11) is 0. The molecule has 0 aromatic heterocycles. The van der Waals surface area contributed by atoms with E-state index in [0.717, 1.165) is 27.1 Å². The fourth-order valence-corrected chi connectivity index (χ4v) is 3.35. The molecule has 0 aliphatic heterocycles. The Morgan fingerprint density at radius 1 is 1.07 bits per heavy atom. The molecule has 0 nitrogen and oxygen atoms in total. The number of hydrogen-bond acceptors (Lipinski definition) is 0. The minimum atomic E-state index is 0. The van der Waals surface area contributed by atoms with Gasteiger partial charge in [-0.1, -0.05) is 59.3 Å². The SMILES string of the molecule is CC(C)[CH2][Al][CH2]C(C)C.CCC[CH2][AlH2].[HH].[HH]. The minimum absolute atomic E-state index is 0. The maximum absolute atomic E-state index is 2.31. The maximum Gasteiger partial charge on any atom is 0.211 e. The van der Waals surface area contributed by atoms with E-state index >= 15 is 0 Å². The summed E-state index contributed by atoms with van der Waals surface area (Å²) in [5.74, 6) is 1.86. The zero-order valence-corrected chi connectivity index (χ0v) is 14.4. The second-order valence-electron chi connectivity index (χ2n) is 4.90. The third-order valence-electron chi connectivity index (χ3n) is 1.98. The molecule has 0 unspecified atom stereocenters. The summed E-state index contributed by atoms with van der Waals surface area (Å²) < 4.78 is 0. The van der Waals surface area contributed by atoms with Gasteiger partial charge in [-0.2, -0.15) is 0 Å². The highest BCUT2D eigenvalue weighted by Gasteiger charge is 1.98. The first-order valence-corrected chi connectivity index (χ1v) is 9.40. The number of rotatable bonds is 6. The van der Waals surface area contributed by atoms with Crippen molar-refractivity contribution in [1.82, 2.24) is 0 Å². The van der Waals surface area contributed by atoms with Crippen molar-refractivity contribution >= 4 is 31.5 Å². The van der Waals surface area contributed by atoms with Crippen LogP contribution < -0.4 is 0 Å². The van der Waals surface area contributed by atoms with Crippen molar-refractivity contribution in [2.45, 2.75) is 63.3 Å². The third kappa shape index (κ3) is 23.1. The Morgan fingerprint density at radius 2 is 1.50 bits per heavy atom. The van der Waals surface area contributed by atoms with Gasteiger partial charge in [-0.05, 0) is 0 Å². The van der Waals surface area contributed by atoms with Crippen molar-refractivity contribution in [2.24, 2.45) is 11.8 Å². The maximum atomic E-state index is 2.31. The third-order valence-corrected chi connectivity index (χ3v) is 5.24. The summed E-state index contributed by atoms with van der Waals surface area (Å²) in [5, 5.41) is 4.45. The summed E-state index contributed by atoms with van der Waals surface area (Å²) in [6, 6.07) is 0. The van der Waals surface area contributed by atoms with E-state index in [2.05, 4.69) is 34.6 Å². The lowest BCUT2D eigenvalue weighted by atomic mass is 10.3. The number of hydrogen-bond donors (Lipinski definition) is 0. The van der Waals surface area contributed by atoms with Crippen LogP contribution in [0.4, 0.5) is 0 Å². The molecule has 0 spiro atoms. The van der Waals surface area contributed by atoms with Gasteiger partial charge < -0.3 is 0 Å². The second-order valence-corrected chi connectivity index (χ2v) is 7.42. The zero-order valence-electron chi connectivity index (χ0n) is 11.3. The Morgan fingerprint density at radius 3 is 1.64 bits per heavy atom. The Hall–Kier alpha value is 1.06. The van der Waals surface area contributed by atoms with Crippen LogP contribution in [-0.2, 0) is 0 Å². The van der Waals surface area contributed by atoms with Gasteiger partial charge in [0.05, 0.1) is 0 Å². The van der Waals surface area contributed by atoms with Crippen LogP contribution in [0.15, 0.2) is 0 Å². The monoisotopic (exact) mass is 231 g/mol. The first kappa shape index (κ1) is 17.5. The van der Waals surface area contributed by atoms with Gasteiger partial charge in [-0.25, -0.2) is 0 Å². The van der Waals surface area contributed by atoms with Crippen molar-refractivity contribution < 1.29 is 2.85 Å². The fourth-order valence-electron chi connectivity index (χ4n) is 1.12. The molecule has 0 fully saturated rings. The van der Waals surface area contributed by atoms with E-state index in [4.69, 9.17) is 0 Å². The molecule has 0 saturated heterocycles. The van der Waals surface area contributed by atoms with Gasteiger partial charge in [0, 0.05) is 2.85 Å². The largest absolute Gasteiger partial charge is 0.211 e. The van der Waals surface area contributed by atoms with E-state index in [-0.39, 0.29) is 2.85 Å². The highest BCUT2D eigenvalue weighted by molar-refractivity contribution is 6.35. The van der Waals surface area contributed by atoms with Gasteiger partial charge in [0.25, 0.3) is 0 Å². The topological polar surface area (TPSA) is 0 Å². The molecule has 14 heavy (non-hydrogen) atoms. The lowest BCUT2D eigenvalue weighted by Gasteiger charge is -2.03. The zero-order chi connectivity index (χ0) is 11.4. The van der Waals surface area contributed by atoms with Crippen LogP contribution in [-0.4, -0.2) is 31.5 Å². The van der Waals surface area contributed by atoms with E-state index in [0.29, 0.717) is 0 Å². The van der Waals surface area contributed by atoms with E-state index in [1.165, 1.54) is 45.0 Å². The minimum Gasteiger partial charge on any atom is -0.102 e. The summed E-state index contributed by atoms with van der Waals surface area (Å²) >= 11 is 2.15. The fraction of sp³-hybridized carbons (Fsp3) is 1.00. The molecular weight excluding hydrogens is 198 g/mol. The standard InChI is InChI=1S/3C4H9.2Al.2H2.2H/c2*1-4(2)3;1-3-4-2;;;;;;/h2*4H,1H2,2-3H3;1,3-4H2,2H3;;;2*1H;;. The van der Waals surface area contributed by atoms with Crippen molar-refractivity contribution in [2.75, 3.05) is 0 Å². The molecule has 1 radical (unpaired) electrons. The first-order valence-electron chi connectivity index (χ1n) is 6.36. The average molecular weight is 231 g/mol. The van der Waals surface area contributed by atoms with Crippen LogP contribution in [0.25, 0.3) is 0 Å². The lowest BCUT2D eigenvalue weighted by molar-refractivity contribution is 0.700. The molecule has 0 bridgehead atoms. The predicted octanol–water partition coefficient (Wildman–Crippen LogP) is 4.17. The van der Waals surface area contributed by atoms with Gasteiger partial charge in [0.2, 0.25) is 31.5 Å². The van der Waals surface area contributed by atoms with E-state index in [1.54, 1.807) is 0 Å². The quantitative estimate of drug-likeness (QED) is 0.602. The van der Waals surface area contributed by atoms with Crippen LogP contribution in [0.5, 0.6) is 0 Å². The molecule has 0 atom stereocenters. The normalized spacial score (nSPS) is 9.93. The van der Waals surface area contributed by atoms with Crippen LogP contribution >= 0.6 is 0 Å². The van der Waals surface area contributed by atoms with E-state index < -0.39 is 0 Å². The molecular formula is C12H33Al2. The van der Waals surface area contributed by atoms with Crippen molar-refractivity contribution in [1.29, 1.82) is 0 Å². The first-order chi connectivity index (χ1) is 6.54. The van der Waals surface area contributed by atoms with Gasteiger partial charge in [-0.3, -0.25) is 0 Å². The highest BCUT2D eigenvalue weighted by atomic mass is 27.1. The van der Waals surface area contributed by atoms with Crippen LogP contribution in [0.2, 0.25) is 15.8 Å². The summed E-state index contributed by atoms with van der Waals surface area (Å²) in [5.41, 5.74) is 0. The van der Waals surface area contributed by atoms with Crippen molar-refractivity contribution in [3.8, 4) is 0 Å². The second kappa shape index (κ2) is 14.1. The summed E-state index contributed by atoms with van der Waals surface area (Å²) in [6.07, 6.45) is 2.83. The van der Waals surface area contributed by atoms with Crippen LogP contribution in [0.1, 0.15) is 50.3 Å². The van der Waals surface area contributed by atoms with Crippen molar-refractivity contribution in [3.05, 3.63) is 0 Å². The van der Waals surface area contributed by atoms with Gasteiger partial charge in [0.1, 0.15) is 0 Å². The van der Waals surface area contributed by atoms with Crippen LogP contribution in [0.3, 0.4) is 0 Å². The Kier molecular flexibility index (Phi) is 17.5. The molecule has 2 heteroatoms. The van der Waals surface area contributed by atoms with Gasteiger partial charge in [-0.15, -0.1) is 15.8 Å². The molecule has 0 aliphatic carbocycles. The summed E-state index contributed by atoms with van der Waals surface area (Å²) in [6.45, 7) is 11.5. The molecule has 0 aromatic carbocycles. The average Bonchev–Trinajstić information content (AvgIpc) is 2.05.